The summed E-state index contributed by atoms with van der Waals surface area (Å²) in [6, 6.07) is 8.64. The molecule has 0 saturated carbocycles. The van der Waals surface area contributed by atoms with Crippen LogP contribution < -0.4 is 5.32 Å². The largest absolute Gasteiger partial charge is 0.450 e. The summed E-state index contributed by atoms with van der Waals surface area (Å²) in [4.78, 5) is 25.3. The zero-order valence-electron chi connectivity index (χ0n) is 10.3. The molecular weight excluding hydrogens is 232 g/mol. The molecule has 5 heteroatoms. The number of nitrogens with zero attached hydrogens (tertiary/aromatic N) is 1. The van der Waals surface area contributed by atoms with Crippen LogP contribution in [-0.2, 0) is 9.53 Å². The van der Waals surface area contributed by atoms with Crippen molar-refractivity contribution in [1.82, 2.24) is 10.2 Å². The molecule has 1 fully saturated rings. The minimum Gasteiger partial charge on any atom is -0.450 e. The average molecular weight is 248 g/mol. The van der Waals surface area contributed by atoms with Crippen molar-refractivity contribution in [2.45, 2.75) is 13.0 Å². The van der Waals surface area contributed by atoms with E-state index >= 15 is 0 Å². The van der Waals surface area contributed by atoms with E-state index in [2.05, 4.69) is 5.32 Å². The van der Waals surface area contributed by atoms with Crippen molar-refractivity contribution in [3.63, 3.8) is 0 Å². The first-order chi connectivity index (χ1) is 8.74. The molecule has 1 heterocycles. The highest BCUT2D eigenvalue weighted by Gasteiger charge is 2.34. The highest BCUT2D eigenvalue weighted by atomic mass is 16.6. The maximum absolute atomic E-state index is 12.0. The van der Waals surface area contributed by atoms with Gasteiger partial charge in [-0.3, -0.25) is 9.69 Å². The molecular formula is C13H16N2O3. The summed E-state index contributed by atoms with van der Waals surface area (Å²) in [5.74, 6) is -0.166. The van der Waals surface area contributed by atoms with E-state index in [-0.39, 0.29) is 5.91 Å². The number of hydrogen-bond donors (Lipinski definition) is 1. The maximum Gasteiger partial charge on any atom is 0.410 e. The van der Waals surface area contributed by atoms with Gasteiger partial charge in [0.25, 0.3) is 0 Å². The number of benzene rings is 1. The van der Waals surface area contributed by atoms with Gasteiger partial charge in [-0.2, -0.15) is 0 Å². The van der Waals surface area contributed by atoms with Gasteiger partial charge in [0.2, 0.25) is 5.91 Å². The van der Waals surface area contributed by atoms with Crippen molar-refractivity contribution < 1.29 is 14.3 Å². The standard InChI is InChI=1S/C13H16N2O3/c1-2-18-13(17)15-9-8-14-12(16)11(15)10-6-4-3-5-7-10/h3-7,11H,2,8-9H2,1H3,(H,14,16). The van der Waals surface area contributed by atoms with Crippen molar-refractivity contribution >= 4 is 12.0 Å². The quantitative estimate of drug-likeness (QED) is 0.858. The second-order valence-electron chi connectivity index (χ2n) is 4.00. The summed E-state index contributed by atoms with van der Waals surface area (Å²) < 4.78 is 4.99. The number of nitrogens with one attached hydrogen (secondary N) is 1. The Balaban J connectivity index is 2.26. The Morgan fingerprint density at radius 1 is 1.44 bits per heavy atom. The monoisotopic (exact) mass is 248 g/mol. The minimum atomic E-state index is -0.598. The van der Waals surface area contributed by atoms with Gasteiger partial charge in [-0.15, -0.1) is 0 Å². The molecule has 0 aliphatic carbocycles. The summed E-state index contributed by atoms with van der Waals surface area (Å²) in [5, 5.41) is 2.77. The van der Waals surface area contributed by atoms with Crippen LogP contribution in [0.2, 0.25) is 0 Å². The molecule has 1 aliphatic rings. The lowest BCUT2D eigenvalue weighted by atomic mass is 10.0. The minimum absolute atomic E-state index is 0.166. The third-order valence-electron chi connectivity index (χ3n) is 2.83. The molecule has 1 N–H and O–H groups in total. The molecule has 1 aliphatic heterocycles. The third kappa shape index (κ3) is 2.45. The van der Waals surface area contributed by atoms with Gasteiger partial charge in [-0.05, 0) is 12.5 Å². The molecule has 1 aromatic rings. The first-order valence-corrected chi connectivity index (χ1v) is 6.00. The summed E-state index contributed by atoms with van der Waals surface area (Å²) in [7, 11) is 0. The fraction of sp³-hybridized carbons (Fsp3) is 0.385. The predicted octanol–water partition coefficient (Wildman–Crippen LogP) is 1.32. The summed E-state index contributed by atoms with van der Waals surface area (Å²) >= 11 is 0. The lowest BCUT2D eigenvalue weighted by Crippen LogP contribution is -2.52. The highest BCUT2D eigenvalue weighted by Crippen LogP contribution is 2.23. The zero-order chi connectivity index (χ0) is 13.0. The predicted molar refractivity (Wildman–Crippen MR) is 65.9 cm³/mol. The van der Waals surface area contributed by atoms with Crippen molar-refractivity contribution in [3.8, 4) is 0 Å². The van der Waals surface area contributed by atoms with E-state index in [0.29, 0.717) is 19.7 Å². The molecule has 18 heavy (non-hydrogen) atoms. The molecule has 1 aromatic carbocycles. The Labute approximate surface area is 106 Å². The Morgan fingerprint density at radius 3 is 2.83 bits per heavy atom. The van der Waals surface area contributed by atoms with Gasteiger partial charge in [0.05, 0.1) is 6.61 Å². The molecule has 0 radical (unpaired) electrons. The van der Waals surface area contributed by atoms with Crippen LogP contribution >= 0.6 is 0 Å². The molecule has 2 amide bonds. The van der Waals surface area contributed by atoms with Gasteiger partial charge in [-0.1, -0.05) is 30.3 Å². The Bertz CT molecular complexity index is 433. The first kappa shape index (κ1) is 12.4. The molecule has 2 rings (SSSR count). The molecule has 1 atom stereocenters. The van der Waals surface area contributed by atoms with Crippen molar-refractivity contribution in [3.05, 3.63) is 35.9 Å². The van der Waals surface area contributed by atoms with Crippen molar-refractivity contribution in [2.75, 3.05) is 19.7 Å². The van der Waals surface area contributed by atoms with Crippen LogP contribution in [0.5, 0.6) is 0 Å². The van der Waals surface area contributed by atoms with Gasteiger partial charge in [0, 0.05) is 13.1 Å². The van der Waals surface area contributed by atoms with Crippen LogP contribution in [0.15, 0.2) is 30.3 Å². The van der Waals surface area contributed by atoms with Gasteiger partial charge in [-0.25, -0.2) is 4.79 Å². The molecule has 5 nitrogen and oxygen atoms in total. The van der Waals surface area contributed by atoms with E-state index in [1.807, 2.05) is 30.3 Å². The number of hydrogen-bond acceptors (Lipinski definition) is 3. The van der Waals surface area contributed by atoms with Crippen LogP contribution in [0, 0.1) is 0 Å². The SMILES string of the molecule is CCOC(=O)N1CCNC(=O)C1c1ccccc1. The molecule has 0 spiro atoms. The van der Waals surface area contributed by atoms with Crippen LogP contribution in [0.25, 0.3) is 0 Å². The highest BCUT2D eigenvalue weighted by molar-refractivity contribution is 5.88. The Kier molecular flexibility index (Phi) is 3.82. The second kappa shape index (κ2) is 5.53. The van der Waals surface area contributed by atoms with E-state index in [1.165, 1.54) is 4.90 Å². The number of piperazine rings is 1. The lowest BCUT2D eigenvalue weighted by Gasteiger charge is -2.34. The number of rotatable bonds is 2. The summed E-state index contributed by atoms with van der Waals surface area (Å²) in [6.07, 6.45) is -0.443. The van der Waals surface area contributed by atoms with Crippen LogP contribution in [0.4, 0.5) is 4.79 Å². The normalized spacial score (nSPS) is 19.3. The summed E-state index contributed by atoms with van der Waals surface area (Å²) in [6.45, 7) is 2.98. The molecule has 0 aromatic heterocycles. The van der Waals surface area contributed by atoms with E-state index in [9.17, 15) is 9.59 Å². The smallest absolute Gasteiger partial charge is 0.410 e. The van der Waals surface area contributed by atoms with Crippen molar-refractivity contribution in [2.24, 2.45) is 0 Å². The number of amides is 2. The second-order valence-corrected chi connectivity index (χ2v) is 4.00. The molecule has 96 valence electrons. The molecule has 1 unspecified atom stereocenters. The van der Waals surface area contributed by atoms with Gasteiger partial charge < -0.3 is 10.1 Å². The zero-order valence-corrected chi connectivity index (χ0v) is 10.3. The topological polar surface area (TPSA) is 58.6 Å². The van der Waals surface area contributed by atoms with Crippen LogP contribution in [0.1, 0.15) is 18.5 Å². The van der Waals surface area contributed by atoms with Gasteiger partial charge in [0.1, 0.15) is 6.04 Å². The third-order valence-corrected chi connectivity index (χ3v) is 2.83. The van der Waals surface area contributed by atoms with E-state index in [0.717, 1.165) is 5.56 Å². The van der Waals surface area contributed by atoms with Gasteiger partial charge >= 0.3 is 6.09 Å². The van der Waals surface area contributed by atoms with Crippen molar-refractivity contribution in [1.29, 1.82) is 0 Å². The van der Waals surface area contributed by atoms with E-state index in [1.54, 1.807) is 6.92 Å². The molecule has 1 saturated heterocycles. The Morgan fingerprint density at radius 2 is 2.17 bits per heavy atom. The first-order valence-electron chi connectivity index (χ1n) is 6.00. The lowest BCUT2D eigenvalue weighted by molar-refractivity contribution is -0.128. The molecule has 0 bridgehead atoms. The Hall–Kier alpha value is -2.04. The van der Waals surface area contributed by atoms with E-state index in [4.69, 9.17) is 4.74 Å². The average Bonchev–Trinajstić information content (AvgIpc) is 2.39. The van der Waals surface area contributed by atoms with E-state index < -0.39 is 12.1 Å². The van der Waals surface area contributed by atoms with Crippen LogP contribution in [0.3, 0.4) is 0 Å². The van der Waals surface area contributed by atoms with Gasteiger partial charge in [0.15, 0.2) is 0 Å². The maximum atomic E-state index is 12.0. The number of carbonyl (C=O) groups excluding carboxylic acids is 2. The summed E-state index contributed by atoms with van der Waals surface area (Å²) in [5.41, 5.74) is 0.794. The fourth-order valence-corrected chi connectivity index (χ4v) is 2.04. The number of carbonyl (C=O) groups is 2. The fourth-order valence-electron chi connectivity index (χ4n) is 2.04. The van der Waals surface area contributed by atoms with Crippen LogP contribution in [-0.4, -0.2) is 36.6 Å². The number of ether oxygens (including phenoxy) is 1.